The predicted octanol–water partition coefficient (Wildman–Crippen LogP) is 0.655. The molecule has 0 bridgehead atoms. The van der Waals surface area contributed by atoms with Gasteiger partial charge >= 0.3 is 0 Å². The molecule has 0 fully saturated rings. The first kappa shape index (κ1) is 10.3. The van der Waals surface area contributed by atoms with E-state index in [1.165, 1.54) is 6.33 Å². The minimum Gasteiger partial charge on any atom is -0.394 e. The fourth-order valence-electron chi connectivity index (χ4n) is 1.19. The highest BCUT2D eigenvalue weighted by Gasteiger charge is 2.09. The third-order valence-corrected chi connectivity index (χ3v) is 1.85. The Labute approximate surface area is 83.2 Å². The molecule has 0 aliphatic heterocycles. The number of anilines is 2. The summed E-state index contributed by atoms with van der Waals surface area (Å²) in [5.41, 5.74) is 6.22. The first-order valence-corrected chi connectivity index (χ1v) is 4.31. The fraction of sp³-hybridized carbons (Fsp3) is 0.444. The van der Waals surface area contributed by atoms with Crippen LogP contribution in [-0.2, 0) is 0 Å². The summed E-state index contributed by atoms with van der Waals surface area (Å²) in [6, 6.07) is 2.16. The molecule has 1 rings (SSSR count). The maximum absolute atomic E-state index is 8.66. The summed E-state index contributed by atoms with van der Waals surface area (Å²) in [6.07, 6.45) is 3.00. The highest BCUT2D eigenvalue weighted by molar-refractivity contribution is 5.60. The Balaban J connectivity index is 2.75. The lowest BCUT2D eigenvalue weighted by Gasteiger charge is -2.19. The van der Waals surface area contributed by atoms with Crippen LogP contribution < -0.4 is 10.6 Å². The van der Waals surface area contributed by atoms with Crippen molar-refractivity contribution in [3.63, 3.8) is 0 Å². The second kappa shape index (κ2) is 4.42. The maximum atomic E-state index is 8.66. The zero-order chi connectivity index (χ0) is 10.6. The van der Waals surface area contributed by atoms with Crippen molar-refractivity contribution in [3.05, 3.63) is 12.5 Å². The van der Waals surface area contributed by atoms with Crippen LogP contribution in [0.3, 0.4) is 0 Å². The third-order valence-electron chi connectivity index (χ3n) is 1.85. The number of rotatable bonds is 3. The van der Waals surface area contributed by atoms with Crippen molar-refractivity contribution in [2.24, 2.45) is 5.92 Å². The summed E-state index contributed by atoms with van der Waals surface area (Å²) in [5, 5.41) is 8.66. The molecule has 5 nitrogen and oxygen atoms in total. The number of nitriles is 1. The lowest BCUT2D eigenvalue weighted by molar-refractivity contribution is 0.710. The van der Waals surface area contributed by atoms with E-state index in [1.807, 2.05) is 18.9 Å². The molecule has 0 aliphatic rings. The van der Waals surface area contributed by atoms with E-state index in [0.29, 0.717) is 18.1 Å². The van der Waals surface area contributed by atoms with E-state index < -0.39 is 0 Å². The molecule has 1 aromatic rings. The van der Waals surface area contributed by atoms with Crippen LogP contribution in [0.4, 0.5) is 11.5 Å². The highest BCUT2D eigenvalue weighted by atomic mass is 15.2. The molecule has 0 radical (unpaired) electrons. The van der Waals surface area contributed by atoms with E-state index in [-0.39, 0.29) is 5.92 Å². The summed E-state index contributed by atoms with van der Waals surface area (Å²) in [4.78, 5) is 9.70. The molecule has 0 saturated heterocycles. The first-order chi connectivity index (χ1) is 6.65. The Bertz CT molecular complexity index is 343. The van der Waals surface area contributed by atoms with Gasteiger partial charge in [-0.3, -0.25) is 0 Å². The van der Waals surface area contributed by atoms with Gasteiger partial charge in [0.15, 0.2) is 5.82 Å². The molecule has 0 saturated carbocycles. The smallest absolute Gasteiger partial charge is 0.155 e. The van der Waals surface area contributed by atoms with Crippen molar-refractivity contribution in [3.8, 4) is 6.07 Å². The Morgan fingerprint density at radius 2 is 2.43 bits per heavy atom. The molecule has 1 unspecified atom stereocenters. The molecule has 1 heterocycles. The highest BCUT2D eigenvalue weighted by Crippen LogP contribution is 2.16. The van der Waals surface area contributed by atoms with Crippen LogP contribution in [0, 0.1) is 17.2 Å². The average Bonchev–Trinajstić information content (AvgIpc) is 2.18. The van der Waals surface area contributed by atoms with Gasteiger partial charge in [-0.05, 0) is 6.92 Å². The Hall–Kier alpha value is -1.83. The van der Waals surface area contributed by atoms with Crippen molar-refractivity contribution in [2.45, 2.75) is 6.92 Å². The van der Waals surface area contributed by atoms with E-state index in [4.69, 9.17) is 11.0 Å². The molecular formula is C9H13N5. The largest absolute Gasteiger partial charge is 0.394 e. The van der Waals surface area contributed by atoms with E-state index in [1.54, 1.807) is 6.20 Å². The number of hydrogen-bond acceptors (Lipinski definition) is 5. The van der Waals surface area contributed by atoms with Crippen LogP contribution in [0.2, 0.25) is 0 Å². The van der Waals surface area contributed by atoms with Gasteiger partial charge < -0.3 is 10.6 Å². The fourth-order valence-corrected chi connectivity index (χ4v) is 1.19. The quantitative estimate of drug-likeness (QED) is 0.759. The third kappa shape index (κ3) is 2.33. The van der Waals surface area contributed by atoms with Crippen molar-refractivity contribution >= 4 is 11.5 Å². The van der Waals surface area contributed by atoms with Gasteiger partial charge in [0.2, 0.25) is 0 Å². The molecule has 5 heteroatoms. The molecule has 0 spiro atoms. The second-order valence-corrected chi connectivity index (χ2v) is 3.21. The number of nitrogens with two attached hydrogens (primary N) is 1. The lowest BCUT2D eigenvalue weighted by Crippen LogP contribution is -2.25. The zero-order valence-electron chi connectivity index (χ0n) is 8.31. The molecule has 0 amide bonds. The number of nitrogen functional groups attached to an aromatic ring is 1. The van der Waals surface area contributed by atoms with Crippen LogP contribution in [0.15, 0.2) is 12.5 Å². The Kier molecular flexibility index (Phi) is 3.24. The van der Waals surface area contributed by atoms with Gasteiger partial charge in [0, 0.05) is 13.6 Å². The molecule has 74 valence electrons. The SMILES string of the molecule is CC(C#N)CN(C)c1ncncc1N. The Morgan fingerprint density at radius 1 is 1.71 bits per heavy atom. The first-order valence-electron chi connectivity index (χ1n) is 4.31. The molecule has 1 atom stereocenters. The molecular weight excluding hydrogens is 178 g/mol. The summed E-state index contributed by atoms with van der Waals surface area (Å²) in [5.74, 6) is 0.622. The van der Waals surface area contributed by atoms with E-state index in [2.05, 4.69) is 16.0 Å². The Morgan fingerprint density at radius 3 is 3.00 bits per heavy atom. The second-order valence-electron chi connectivity index (χ2n) is 3.21. The van der Waals surface area contributed by atoms with Gasteiger partial charge in [0.1, 0.15) is 6.33 Å². The number of aromatic nitrogens is 2. The van der Waals surface area contributed by atoms with E-state index in [0.717, 1.165) is 0 Å². The van der Waals surface area contributed by atoms with E-state index >= 15 is 0 Å². The van der Waals surface area contributed by atoms with Gasteiger partial charge in [-0.15, -0.1) is 0 Å². The summed E-state index contributed by atoms with van der Waals surface area (Å²) < 4.78 is 0. The topological polar surface area (TPSA) is 78.8 Å². The van der Waals surface area contributed by atoms with Crippen molar-refractivity contribution in [1.29, 1.82) is 5.26 Å². The van der Waals surface area contributed by atoms with E-state index in [9.17, 15) is 0 Å². The van der Waals surface area contributed by atoms with Crippen LogP contribution >= 0.6 is 0 Å². The van der Waals surface area contributed by atoms with Crippen LogP contribution in [-0.4, -0.2) is 23.6 Å². The summed E-state index contributed by atoms with van der Waals surface area (Å²) >= 11 is 0. The molecule has 2 N–H and O–H groups in total. The monoisotopic (exact) mass is 191 g/mol. The molecule has 0 aliphatic carbocycles. The van der Waals surface area contributed by atoms with Crippen LogP contribution in [0.1, 0.15) is 6.92 Å². The van der Waals surface area contributed by atoms with Gasteiger partial charge in [0.05, 0.1) is 23.9 Å². The van der Waals surface area contributed by atoms with Crippen LogP contribution in [0.5, 0.6) is 0 Å². The van der Waals surface area contributed by atoms with Crippen molar-refractivity contribution in [1.82, 2.24) is 9.97 Å². The van der Waals surface area contributed by atoms with Gasteiger partial charge in [-0.2, -0.15) is 5.26 Å². The number of nitrogens with zero attached hydrogens (tertiary/aromatic N) is 4. The zero-order valence-corrected chi connectivity index (χ0v) is 8.31. The molecule has 0 aromatic carbocycles. The number of hydrogen-bond donors (Lipinski definition) is 1. The standard InChI is InChI=1S/C9H13N5/c1-7(3-10)5-14(2)9-8(11)4-12-6-13-9/h4,6-7H,5,11H2,1-2H3. The molecule has 14 heavy (non-hydrogen) atoms. The average molecular weight is 191 g/mol. The van der Waals surface area contributed by atoms with Gasteiger partial charge in [-0.25, -0.2) is 9.97 Å². The van der Waals surface area contributed by atoms with Crippen molar-refractivity contribution in [2.75, 3.05) is 24.2 Å². The van der Waals surface area contributed by atoms with Gasteiger partial charge in [0.25, 0.3) is 0 Å². The summed E-state index contributed by atoms with van der Waals surface area (Å²) in [6.45, 7) is 2.46. The van der Waals surface area contributed by atoms with Crippen LogP contribution in [0.25, 0.3) is 0 Å². The van der Waals surface area contributed by atoms with Crippen molar-refractivity contribution < 1.29 is 0 Å². The minimum atomic E-state index is -0.0469. The molecule has 1 aromatic heterocycles. The summed E-state index contributed by atoms with van der Waals surface area (Å²) in [7, 11) is 1.85. The predicted molar refractivity (Wildman–Crippen MR) is 54.5 cm³/mol. The maximum Gasteiger partial charge on any atom is 0.155 e. The van der Waals surface area contributed by atoms with Gasteiger partial charge in [-0.1, -0.05) is 0 Å². The lowest BCUT2D eigenvalue weighted by atomic mass is 10.2. The minimum absolute atomic E-state index is 0.0469. The normalized spacial score (nSPS) is 11.8.